The van der Waals surface area contributed by atoms with E-state index in [0.29, 0.717) is 0 Å². The molecule has 0 aromatic rings. The Hall–Kier alpha value is -0.0800. The summed E-state index contributed by atoms with van der Waals surface area (Å²) in [7, 11) is 0. The fraction of sp³-hybridized carbons (Fsp3) is 1.00. The molecule has 4 unspecified atom stereocenters. The molecule has 2 heteroatoms. The molecule has 0 aromatic heterocycles. The van der Waals surface area contributed by atoms with Crippen molar-refractivity contribution in [2.24, 2.45) is 23.5 Å². The highest BCUT2D eigenvalue weighted by molar-refractivity contribution is 4.85. The maximum absolute atomic E-state index is 5.70. The lowest BCUT2D eigenvalue weighted by Crippen LogP contribution is -2.45. The molecule has 100 valence electrons. The van der Waals surface area contributed by atoms with Gasteiger partial charge in [-0.1, -0.05) is 13.8 Å². The number of nitrogens with zero attached hydrogens (tertiary/aromatic N) is 1. The summed E-state index contributed by atoms with van der Waals surface area (Å²) in [6, 6.07) is 0.877. The van der Waals surface area contributed by atoms with Crippen LogP contribution in [0.2, 0.25) is 0 Å². The molecule has 2 rings (SSSR count). The van der Waals surface area contributed by atoms with Crippen LogP contribution < -0.4 is 5.73 Å². The van der Waals surface area contributed by atoms with Gasteiger partial charge in [0.2, 0.25) is 0 Å². The van der Waals surface area contributed by atoms with E-state index in [1.807, 2.05) is 0 Å². The molecule has 2 N–H and O–H groups in total. The van der Waals surface area contributed by atoms with Crippen molar-refractivity contribution in [2.75, 3.05) is 19.6 Å². The molecule has 1 saturated heterocycles. The molecule has 17 heavy (non-hydrogen) atoms. The maximum atomic E-state index is 5.70. The first-order valence-corrected chi connectivity index (χ1v) is 7.64. The zero-order chi connectivity index (χ0) is 12.3. The summed E-state index contributed by atoms with van der Waals surface area (Å²) < 4.78 is 0. The van der Waals surface area contributed by atoms with Crippen LogP contribution in [0.4, 0.5) is 0 Å². The number of nitrogens with two attached hydrogens (primary N) is 1. The quantitative estimate of drug-likeness (QED) is 0.819. The Bertz CT molecular complexity index is 227. The van der Waals surface area contributed by atoms with Crippen LogP contribution in [0.25, 0.3) is 0 Å². The second kappa shape index (κ2) is 6.19. The number of likely N-dealkylation sites (tertiary alicyclic amines) is 1. The van der Waals surface area contributed by atoms with Gasteiger partial charge in [0.15, 0.2) is 0 Å². The lowest BCUT2D eigenvalue weighted by molar-refractivity contribution is 0.0680. The van der Waals surface area contributed by atoms with Crippen LogP contribution in [-0.4, -0.2) is 30.6 Å². The van der Waals surface area contributed by atoms with E-state index in [9.17, 15) is 0 Å². The van der Waals surface area contributed by atoms with E-state index in [2.05, 4.69) is 18.7 Å². The lowest BCUT2D eigenvalue weighted by atomic mass is 9.78. The Kier molecular flexibility index (Phi) is 4.87. The largest absolute Gasteiger partial charge is 0.330 e. The molecule has 0 aromatic carbocycles. The standard InChI is InChI=1S/C15H30N2/c1-12-5-6-15(10-13(12)2)17-9-3-4-14(11-17)7-8-16/h12-15H,3-11,16H2,1-2H3. The van der Waals surface area contributed by atoms with E-state index >= 15 is 0 Å². The monoisotopic (exact) mass is 238 g/mol. The van der Waals surface area contributed by atoms with Crippen molar-refractivity contribution >= 4 is 0 Å². The molecule has 1 heterocycles. The third-order valence-corrected chi connectivity index (χ3v) is 5.21. The summed E-state index contributed by atoms with van der Waals surface area (Å²) >= 11 is 0. The van der Waals surface area contributed by atoms with Gasteiger partial charge in [-0.3, -0.25) is 0 Å². The van der Waals surface area contributed by atoms with Crippen molar-refractivity contribution < 1.29 is 0 Å². The molecule has 4 atom stereocenters. The van der Waals surface area contributed by atoms with Crippen LogP contribution in [0, 0.1) is 17.8 Å². The lowest BCUT2D eigenvalue weighted by Gasteiger charge is -2.43. The molecular weight excluding hydrogens is 208 g/mol. The molecule has 1 aliphatic heterocycles. The molecular formula is C15H30N2. The average molecular weight is 238 g/mol. The van der Waals surface area contributed by atoms with Gasteiger partial charge in [-0.2, -0.15) is 0 Å². The van der Waals surface area contributed by atoms with Crippen molar-refractivity contribution in [3.05, 3.63) is 0 Å². The van der Waals surface area contributed by atoms with Crippen molar-refractivity contribution in [2.45, 2.75) is 58.4 Å². The second-order valence-electron chi connectivity index (χ2n) is 6.50. The Morgan fingerprint density at radius 2 is 1.94 bits per heavy atom. The van der Waals surface area contributed by atoms with Crippen LogP contribution in [0.15, 0.2) is 0 Å². The van der Waals surface area contributed by atoms with Gasteiger partial charge in [0.05, 0.1) is 0 Å². The number of hydrogen-bond donors (Lipinski definition) is 1. The molecule has 2 fully saturated rings. The van der Waals surface area contributed by atoms with E-state index in [4.69, 9.17) is 5.73 Å². The van der Waals surface area contributed by atoms with Gasteiger partial charge in [0, 0.05) is 12.6 Å². The fourth-order valence-electron chi connectivity index (χ4n) is 3.75. The first-order valence-electron chi connectivity index (χ1n) is 7.64. The van der Waals surface area contributed by atoms with Crippen LogP contribution in [0.3, 0.4) is 0 Å². The van der Waals surface area contributed by atoms with Gasteiger partial charge in [-0.15, -0.1) is 0 Å². The zero-order valence-electron chi connectivity index (χ0n) is 11.7. The maximum Gasteiger partial charge on any atom is 0.00981 e. The van der Waals surface area contributed by atoms with E-state index < -0.39 is 0 Å². The van der Waals surface area contributed by atoms with Gasteiger partial charge in [0.25, 0.3) is 0 Å². The minimum Gasteiger partial charge on any atom is -0.330 e. The summed E-state index contributed by atoms with van der Waals surface area (Å²) in [6.07, 6.45) is 8.33. The molecule has 1 saturated carbocycles. The number of rotatable bonds is 3. The van der Waals surface area contributed by atoms with Crippen molar-refractivity contribution in [1.82, 2.24) is 4.90 Å². The Morgan fingerprint density at radius 3 is 2.65 bits per heavy atom. The third kappa shape index (κ3) is 3.45. The second-order valence-corrected chi connectivity index (χ2v) is 6.50. The van der Waals surface area contributed by atoms with Crippen LogP contribution in [-0.2, 0) is 0 Å². The summed E-state index contributed by atoms with van der Waals surface area (Å²) in [4.78, 5) is 2.78. The van der Waals surface area contributed by atoms with Gasteiger partial charge in [-0.05, 0) is 69.4 Å². The van der Waals surface area contributed by atoms with E-state index in [1.54, 1.807) is 0 Å². The number of hydrogen-bond acceptors (Lipinski definition) is 2. The predicted molar refractivity (Wildman–Crippen MR) is 73.9 cm³/mol. The fourth-order valence-corrected chi connectivity index (χ4v) is 3.75. The smallest absolute Gasteiger partial charge is 0.00981 e. The highest BCUT2D eigenvalue weighted by atomic mass is 15.2. The highest BCUT2D eigenvalue weighted by Gasteiger charge is 2.31. The van der Waals surface area contributed by atoms with Gasteiger partial charge in [0.1, 0.15) is 0 Å². The SMILES string of the molecule is CC1CCC(N2CCCC(CCN)C2)CC1C. The summed E-state index contributed by atoms with van der Waals surface area (Å²) in [5.41, 5.74) is 5.70. The summed E-state index contributed by atoms with van der Waals surface area (Å²) in [5.74, 6) is 2.74. The zero-order valence-corrected chi connectivity index (χ0v) is 11.7. The topological polar surface area (TPSA) is 29.3 Å². The normalized spacial score (nSPS) is 40.4. The molecule has 0 amide bonds. The molecule has 1 aliphatic carbocycles. The van der Waals surface area contributed by atoms with Crippen molar-refractivity contribution in [3.63, 3.8) is 0 Å². The van der Waals surface area contributed by atoms with Gasteiger partial charge < -0.3 is 10.6 Å². The third-order valence-electron chi connectivity index (χ3n) is 5.21. The molecule has 0 spiro atoms. The summed E-state index contributed by atoms with van der Waals surface area (Å²) in [5, 5.41) is 0. The minimum absolute atomic E-state index is 0.872. The first kappa shape index (κ1) is 13.4. The van der Waals surface area contributed by atoms with Crippen LogP contribution in [0.5, 0.6) is 0 Å². The van der Waals surface area contributed by atoms with Crippen molar-refractivity contribution in [1.29, 1.82) is 0 Å². The van der Waals surface area contributed by atoms with Crippen LogP contribution in [0.1, 0.15) is 52.4 Å². The van der Waals surface area contributed by atoms with E-state index in [1.165, 1.54) is 51.6 Å². The highest BCUT2D eigenvalue weighted by Crippen LogP contribution is 2.34. The first-order chi connectivity index (χ1) is 8.20. The molecule has 0 bridgehead atoms. The Balaban J connectivity index is 1.84. The minimum atomic E-state index is 0.872. The molecule has 0 radical (unpaired) electrons. The predicted octanol–water partition coefficient (Wildman–Crippen LogP) is 2.87. The van der Waals surface area contributed by atoms with Crippen molar-refractivity contribution in [3.8, 4) is 0 Å². The molecule has 2 aliphatic rings. The number of piperidine rings is 1. The Morgan fingerprint density at radius 1 is 1.12 bits per heavy atom. The Labute approximate surface area is 107 Å². The average Bonchev–Trinajstić information content (AvgIpc) is 2.33. The summed E-state index contributed by atoms with van der Waals surface area (Å²) in [6.45, 7) is 8.40. The van der Waals surface area contributed by atoms with Gasteiger partial charge >= 0.3 is 0 Å². The van der Waals surface area contributed by atoms with E-state index in [-0.39, 0.29) is 0 Å². The molecule has 2 nitrogen and oxygen atoms in total. The van der Waals surface area contributed by atoms with Crippen LogP contribution >= 0.6 is 0 Å². The van der Waals surface area contributed by atoms with E-state index in [0.717, 1.165) is 30.3 Å². The van der Waals surface area contributed by atoms with Gasteiger partial charge in [-0.25, -0.2) is 0 Å².